The molecule has 4 nitrogen and oxygen atoms in total. The third-order valence-electron chi connectivity index (χ3n) is 3.96. The van der Waals surface area contributed by atoms with Crippen LogP contribution in [0.3, 0.4) is 0 Å². The van der Waals surface area contributed by atoms with Crippen molar-refractivity contribution in [1.29, 1.82) is 0 Å². The van der Waals surface area contributed by atoms with Gasteiger partial charge in [0.25, 0.3) is 0 Å². The fourth-order valence-corrected chi connectivity index (χ4v) is 2.48. The molecule has 0 aliphatic carbocycles. The summed E-state index contributed by atoms with van der Waals surface area (Å²) in [6.45, 7) is 4.58. The number of amides is 1. The lowest BCUT2D eigenvalue weighted by molar-refractivity contribution is -0.122. The average Bonchev–Trinajstić information content (AvgIpc) is 2.61. The topological polar surface area (TPSA) is 44.4 Å². The summed E-state index contributed by atoms with van der Waals surface area (Å²) in [5.41, 5.74) is 2.43. The van der Waals surface area contributed by atoms with Crippen molar-refractivity contribution in [2.75, 3.05) is 20.1 Å². The minimum Gasteiger partial charge on any atom is -0.353 e. The van der Waals surface area contributed by atoms with E-state index in [1.54, 1.807) is 0 Å². The van der Waals surface area contributed by atoms with Gasteiger partial charge in [0, 0.05) is 25.7 Å². The third-order valence-corrected chi connectivity index (χ3v) is 3.96. The van der Waals surface area contributed by atoms with Gasteiger partial charge in [0.05, 0.1) is 6.54 Å². The van der Waals surface area contributed by atoms with Gasteiger partial charge in [-0.1, -0.05) is 60.7 Å². The van der Waals surface area contributed by atoms with Crippen LogP contribution in [0, 0.1) is 0 Å². The van der Waals surface area contributed by atoms with Crippen LogP contribution in [0.1, 0.15) is 18.1 Å². The van der Waals surface area contributed by atoms with E-state index < -0.39 is 0 Å². The number of rotatable bonds is 9. The predicted octanol–water partition coefficient (Wildman–Crippen LogP) is 3.26. The Labute approximate surface area is 169 Å². The Hall–Kier alpha value is -1.59. The van der Waals surface area contributed by atoms with Crippen LogP contribution in [0.2, 0.25) is 0 Å². The summed E-state index contributed by atoms with van der Waals surface area (Å²) in [6, 6.07) is 20.8. The lowest BCUT2D eigenvalue weighted by atomic mass is 10.1. The molecule has 2 aromatic carbocycles. The number of carbonyl (C=O) groups is 1. The molecule has 1 amide bonds. The predicted molar refractivity (Wildman–Crippen MR) is 113 cm³/mol. The second kappa shape index (κ2) is 13.6. The van der Waals surface area contributed by atoms with Crippen molar-refractivity contribution in [3.05, 3.63) is 71.8 Å². The third kappa shape index (κ3) is 9.20. The zero-order valence-electron chi connectivity index (χ0n) is 15.4. The first-order valence-electron chi connectivity index (χ1n) is 8.41. The van der Waals surface area contributed by atoms with E-state index in [4.69, 9.17) is 0 Å². The molecular formula is C20H29Cl2N3O. The lowest BCUT2D eigenvalue weighted by Crippen LogP contribution is -2.42. The van der Waals surface area contributed by atoms with Gasteiger partial charge in [-0.05, 0) is 25.1 Å². The molecule has 0 spiro atoms. The Bertz CT molecular complexity index is 569. The van der Waals surface area contributed by atoms with E-state index in [2.05, 4.69) is 39.8 Å². The first kappa shape index (κ1) is 24.4. The summed E-state index contributed by atoms with van der Waals surface area (Å²) in [7, 11) is 1.90. The molecule has 26 heavy (non-hydrogen) atoms. The molecule has 0 saturated heterocycles. The van der Waals surface area contributed by atoms with Crippen molar-refractivity contribution >= 4 is 30.7 Å². The molecule has 2 N–H and O–H groups in total. The van der Waals surface area contributed by atoms with Crippen molar-refractivity contribution < 1.29 is 4.79 Å². The molecule has 1 atom stereocenters. The normalized spacial score (nSPS) is 11.2. The van der Waals surface area contributed by atoms with Crippen molar-refractivity contribution in [3.63, 3.8) is 0 Å². The Morgan fingerprint density at radius 3 is 1.81 bits per heavy atom. The van der Waals surface area contributed by atoms with Crippen LogP contribution in [-0.4, -0.2) is 37.0 Å². The van der Waals surface area contributed by atoms with Crippen LogP contribution in [0.5, 0.6) is 0 Å². The Kier molecular flexibility index (Phi) is 12.8. The summed E-state index contributed by atoms with van der Waals surface area (Å²) in [5, 5.41) is 6.12. The van der Waals surface area contributed by atoms with E-state index in [0.717, 1.165) is 13.1 Å². The highest BCUT2D eigenvalue weighted by molar-refractivity contribution is 5.85. The maximum absolute atomic E-state index is 12.3. The van der Waals surface area contributed by atoms with Crippen molar-refractivity contribution in [3.8, 4) is 0 Å². The van der Waals surface area contributed by atoms with Crippen molar-refractivity contribution in [1.82, 2.24) is 15.5 Å². The fraction of sp³-hybridized carbons (Fsp3) is 0.350. The van der Waals surface area contributed by atoms with Crippen LogP contribution >= 0.6 is 24.8 Å². The summed E-state index contributed by atoms with van der Waals surface area (Å²) >= 11 is 0. The zero-order chi connectivity index (χ0) is 17.2. The number of benzene rings is 2. The van der Waals surface area contributed by atoms with Gasteiger partial charge in [-0.3, -0.25) is 9.69 Å². The van der Waals surface area contributed by atoms with Crippen molar-refractivity contribution in [2.45, 2.75) is 26.1 Å². The monoisotopic (exact) mass is 397 g/mol. The molecule has 0 radical (unpaired) electrons. The van der Waals surface area contributed by atoms with Crippen molar-refractivity contribution in [2.24, 2.45) is 0 Å². The van der Waals surface area contributed by atoms with E-state index in [-0.39, 0.29) is 36.8 Å². The van der Waals surface area contributed by atoms with Gasteiger partial charge in [0.1, 0.15) is 0 Å². The molecule has 6 heteroatoms. The minimum atomic E-state index is 0. The van der Waals surface area contributed by atoms with Crippen LogP contribution in [0.15, 0.2) is 60.7 Å². The lowest BCUT2D eigenvalue weighted by Gasteiger charge is -2.22. The maximum Gasteiger partial charge on any atom is 0.234 e. The first-order valence-corrected chi connectivity index (χ1v) is 8.41. The Morgan fingerprint density at radius 2 is 1.38 bits per heavy atom. The van der Waals surface area contributed by atoms with Crippen LogP contribution in [0.4, 0.5) is 0 Å². The molecule has 0 heterocycles. The van der Waals surface area contributed by atoms with Gasteiger partial charge >= 0.3 is 0 Å². The number of halogens is 2. The summed E-state index contributed by atoms with van der Waals surface area (Å²) in [4.78, 5) is 14.4. The van der Waals surface area contributed by atoms with Gasteiger partial charge in [0.2, 0.25) is 5.91 Å². The highest BCUT2D eigenvalue weighted by atomic mass is 35.5. The molecule has 0 fully saturated rings. The quantitative estimate of drug-likeness (QED) is 0.682. The van der Waals surface area contributed by atoms with E-state index >= 15 is 0 Å². The molecule has 0 aromatic heterocycles. The zero-order valence-corrected chi connectivity index (χ0v) is 17.0. The van der Waals surface area contributed by atoms with Gasteiger partial charge in [-0.2, -0.15) is 0 Å². The van der Waals surface area contributed by atoms with E-state index in [9.17, 15) is 4.79 Å². The number of likely N-dealkylation sites (N-methyl/N-ethyl adjacent to an activating group) is 1. The molecule has 2 rings (SSSR count). The SMILES string of the molecule is CNC(C)CNC(=O)CN(Cc1ccccc1)Cc1ccccc1.Cl.Cl. The second-order valence-corrected chi connectivity index (χ2v) is 6.11. The van der Waals surface area contributed by atoms with E-state index in [1.807, 2.05) is 50.4 Å². The number of carbonyl (C=O) groups excluding carboxylic acids is 1. The van der Waals surface area contributed by atoms with Crippen LogP contribution < -0.4 is 10.6 Å². The molecule has 1 unspecified atom stereocenters. The molecule has 0 aliphatic rings. The summed E-state index contributed by atoms with van der Waals surface area (Å²) in [6.07, 6.45) is 0. The Morgan fingerprint density at radius 1 is 0.923 bits per heavy atom. The number of hydrogen-bond donors (Lipinski definition) is 2. The number of nitrogens with one attached hydrogen (secondary N) is 2. The average molecular weight is 398 g/mol. The minimum absolute atomic E-state index is 0. The number of nitrogens with zero attached hydrogens (tertiary/aromatic N) is 1. The van der Waals surface area contributed by atoms with Crippen LogP contribution in [0.25, 0.3) is 0 Å². The smallest absolute Gasteiger partial charge is 0.234 e. The number of hydrogen-bond acceptors (Lipinski definition) is 3. The molecule has 2 aromatic rings. The van der Waals surface area contributed by atoms with Gasteiger partial charge in [-0.15, -0.1) is 24.8 Å². The standard InChI is InChI=1S/C20H27N3O.2ClH/c1-17(21-2)13-22-20(24)16-23(14-18-9-5-3-6-10-18)15-19-11-7-4-8-12-19;;/h3-12,17,21H,13-16H2,1-2H3,(H,22,24);2*1H. The van der Waals surface area contributed by atoms with Gasteiger partial charge in [-0.25, -0.2) is 0 Å². The fourth-order valence-electron chi connectivity index (χ4n) is 2.48. The highest BCUT2D eigenvalue weighted by Gasteiger charge is 2.12. The summed E-state index contributed by atoms with van der Waals surface area (Å²) < 4.78 is 0. The largest absolute Gasteiger partial charge is 0.353 e. The summed E-state index contributed by atoms with van der Waals surface area (Å²) in [5.74, 6) is 0.0592. The van der Waals surface area contributed by atoms with Crippen LogP contribution in [-0.2, 0) is 17.9 Å². The molecule has 0 bridgehead atoms. The molecule has 144 valence electrons. The van der Waals surface area contributed by atoms with E-state index in [0.29, 0.717) is 13.1 Å². The molecule has 0 aliphatic heterocycles. The molecular weight excluding hydrogens is 369 g/mol. The molecule has 0 saturated carbocycles. The second-order valence-electron chi connectivity index (χ2n) is 6.11. The first-order chi connectivity index (χ1) is 11.7. The highest BCUT2D eigenvalue weighted by Crippen LogP contribution is 2.09. The van der Waals surface area contributed by atoms with Gasteiger partial charge in [0.15, 0.2) is 0 Å². The van der Waals surface area contributed by atoms with Gasteiger partial charge < -0.3 is 10.6 Å². The Balaban J connectivity index is 0.00000312. The maximum atomic E-state index is 12.3. The van der Waals surface area contributed by atoms with E-state index in [1.165, 1.54) is 11.1 Å².